The lowest BCUT2D eigenvalue weighted by atomic mass is 10.1. The van der Waals surface area contributed by atoms with Gasteiger partial charge >= 0.3 is 0 Å². The first-order valence-corrected chi connectivity index (χ1v) is 7.54. The topological polar surface area (TPSA) is 72.2 Å². The van der Waals surface area contributed by atoms with Gasteiger partial charge in [-0.1, -0.05) is 55.8 Å². The SMILES string of the molecule is CC(C)=CC1C(C(=O)NC(C(N)=O)c2ccccc2)C1(C)C. The van der Waals surface area contributed by atoms with Gasteiger partial charge < -0.3 is 11.1 Å². The summed E-state index contributed by atoms with van der Waals surface area (Å²) in [4.78, 5) is 24.2. The van der Waals surface area contributed by atoms with Crippen LogP contribution in [-0.4, -0.2) is 11.8 Å². The number of hydrogen-bond acceptors (Lipinski definition) is 2. The van der Waals surface area contributed by atoms with Crippen molar-refractivity contribution in [3.8, 4) is 0 Å². The molecule has 0 spiro atoms. The molecule has 4 heteroatoms. The number of allylic oxidation sites excluding steroid dienone is 2. The minimum Gasteiger partial charge on any atom is -0.368 e. The molecule has 118 valence electrons. The molecule has 4 nitrogen and oxygen atoms in total. The van der Waals surface area contributed by atoms with Crippen LogP contribution in [-0.2, 0) is 9.59 Å². The van der Waals surface area contributed by atoms with Crippen LogP contribution in [0.1, 0.15) is 39.3 Å². The maximum absolute atomic E-state index is 12.6. The molecule has 0 aromatic heterocycles. The van der Waals surface area contributed by atoms with E-state index in [-0.39, 0.29) is 23.2 Å². The molecule has 1 aliphatic carbocycles. The molecule has 3 N–H and O–H groups in total. The number of carbonyl (C=O) groups excluding carboxylic acids is 2. The summed E-state index contributed by atoms with van der Waals surface area (Å²) in [7, 11) is 0. The Hall–Kier alpha value is -2.10. The smallest absolute Gasteiger partial charge is 0.244 e. The number of benzene rings is 1. The van der Waals surface area contributed by atoms with Crippen molar-refractivity contribution >= 4 is 11.8 Å². The molecule has 1 saturated carbocycles. The second kappa shape index (κ2) is 5.95. The maximum Gasteiger partial charge on any atom is 0.244 e. The van der Waals surface area contributed by atoms with Gasteiger partial charge in [-0.25, -0.2) is 0 Å². The van der Waals surface area contributed by atoms with Gasteiger partial charge in [0, 0.05) is 0 Å². The van der Waals surface area contributed by atoms with Crippen LogP contribution in [0.5, 0.6) is 0 Å². The van der Waals surface area contributed by atoms with E-state index in [1.165, 1.54) is 5.57 Å². The zero-order valence-corrected chi connectivity index (χ0v) is 13.6. The first-order chi connectivity index (χ1) is 10.2. The van der Waals surface area contributed by atoms with Crippen LogP contribution in [0.25, 0.3) is 0 Å². The van der Waals surface area contributed by atoms with Crippen molar-refractivity contribution in [3.05, 3.63) is 47.5 Å². The van der Waals surface area contributed by atoms with Crippen LogP contribution in [0.3, 0.4) is 0 Å². The minimum absolute atomic E-state index is 0.0831. The van der Waals surface area contributed by atoms with Crippen LogP contribution < -0.4 is 11.1 Å². The highest BCUT2D eigenvalue weighted by molar-refractivity contribution is 5.90. The fourth-order valence-electron chi connectivity index (χ4n) is 3.04. The van der Waals surface area contributed by atoms with Crippen molar-refractivity contribution in [2.24, 2.45) is 23.0 Å². The number of nitrogens with two attached hydrogens (primary N) is 1. The van der Waals surface area contributed by atoms with E-state index in [0.717, 1.165) is 0 Å². The molecule has 22 heavy (non-hydrogen) atoms. The predicted molar refractivity (Wildman–Crippen MR) is 86.7 cm³/mol. The van der Waals surface area contributed by atoms with Crippen molar-refractivity contribution < 1.29 is 9.59 Å². The zero-order valence-electron chi connectivity index (χ0n) is 13.6. The molecule has 1 aliphatic rings. The minimum atomic E-state index is -0.780. The van der Waals surface area contributed by atoms with Crippen LogP contribution in [0.4, 0.5) is 0 Å². The predicted octanol–water partition coefficient (Wildman–Crippen LogP) is 2.57. The van der Waals surface area contributed by atoms with E-state index >= 15 is 0 Å². The van der Waals surface area contributed by atoms with Crippen LogP contribution in [0.15, 0.2) is 42.0 Å². The molecular formula is C18H24N2O2. The lowest BCUT2D eigenvalue weighted by molar-refractivity contribution is -0.128. The highest BCUT2D eigenvalue weighted by atomic mass is 16.2. The highest BCUT2D eigenvalue weighted by Crippen LogP contribution is 2.59. The lowest BCUT2D eigenvalue weighted by Crippen LogP contribution is -2.39. The molecule has 2 amide bonds. The first kappa shape index (κ1) is 16.3. The Labute approximate surface area is 131 Å². The van der Waals surface area contributed by atoms with E-state index in [2.05, 4.69) is 25.2 Å². The van der Waals surface area contributed by atoms with Gasteiger partial charge in [-0.05, 0) is 30.7 Å². The van der Waals surface area contributed by atoms with Gasteiger partial charge in [0.1, 0.15) is 6.04 Å². The second-order valence-electron chi connectivity index (χ2n) is 6.82. The van der Waals surface area contributed by atoms with Gasteiger partial charge in [0.25, 0.3) is 0 Å². The molecule has 1 fully saturated rings. The Morgan fingerprint density at radius 2 is 1.82 bits per heavy atom. The van der Waals surface area contributed by atoms with E-state index in [4.69, 9.17) is 5.73 Å². The van der Waals surface area contributed by atoms with Crippen molar-refractivity contribution in [2.45, 2.75) is 33.7 Å². The normalized spacial score (nSPS) is 23.3. The molecule has 1 aromatic carbocycles. The van der Waals surface area contributed by atoms with Gasteiger partial charge in [-0.15, -0.1) is 0 Å². The summed E-state index contributed by atoms with van der Waals surface area (Å²) in [5.74, 6) is -0.563. The zero-order chi connectivity index (χ0) is 16.5. The first-order valence-electron chi connectivity index (χ1n) is 7.54. The van der Waals surface area contributed by atoms with Crippen molar-refractivity contribution in [1.82, 2.24) is 5.32 Å². The summed E-state index contributed by atoms with van der Waals surface area (Å²) < 4.78 is 0. The molecule has 3 atom stereocenters. The van der Waals surface area contributed by atoms with Gasteiger partial charge in [-0.2, -0.15) is 0 Å². The largest absolute Gasteiger partial charge is 0.368 e. The molecule has 1 aromatic rings. The van der Waals surface area contributed by atoms with Crippen LogP contribution in [0, 0.1) is 17.3 Å². The summed E-state index contributed by atoms with van der Waals surface area (Å²) >= 11 is 0. The lowest BCUT2D eigenvalue weighted by Gasteiger charge is -2.16. The standard InChI is InChI=1S/C18H24N2O2/c1-11(2)10-13-14(18(13,3)4)17(22)20-15(16(19)21)12-8-6-5-7-9-12/h5-10,13-15H,1-4H3,(H2,19,21)(H,20,22). The molecule has 0 aliphatic heterocycles. The van der Waals surface area contributed by atoms with Gasteiger partial charge in [0.05, 0.1) is 5.92 Å². The summed E-state index contributed by atoms with van der Waals surface area (Å²) in [5, 5.41) is 2.81. The number of amides is 2. The molecule has 0 bridgehead atoms. The number of carbonyl (C=O) groups is 2. The van der Waals surface area contributed by atoms with Gasteiger partial charge in [0.15, 0.2) is 0 Å². The summed E-state index contributed by atoms with van der Waals surface area (Å²) in [5.41, 5.74) is 7.28. The quantitative estimate of drug-likeness (QED) is 0.820. The Morgan fingerprint density at radius 3 is 2.32 bits per heavy atom. The molecule has 0 radical (unpaired) electrons. The van der Waals surface area contributed by atoms with Crippen LogP contribution in [0.2, 0.25) is 0 Å². The summed E-state index contributed by atoms with van der Waals surface area (Å²) in [6.45, 7) is 8.20. The van der Waals surface area contributed by atoms with Gasteiger partial charge in [0.2, 0.25) is 11.8 Å². The van der Waals surface area contributed by atoms with Crippen molar-refractivity contribution in [1.29, 1.82) is 0 Å². The van der Waals surface area contributed by atoms with Crippen molar-refractivity contribution in [3.63, 3.8) is 0 Å². The fourth-order valence-corrected chi connectivity index (χ4v) is 3.04. The molecular weight excluding hydrogens is 276 g/mol. The number of rotatable bonds is 5. The Morgan fingerprint density at radius 1 is 1.23 bits per heavy atom. The maximum atomic E-state index is 12.6. The van der Waals surface area contributed by atoms with Crippen LogP contribution >= 0.6 is 0 Å². The second-order valence-corrected chi connectivity index (χ2v) is 6.82. The number of nitrogens with one attached hydrogen (secondary N) is 1. The molecule has 2 rings (SSSR count). The third-order valence-corrected chi connectivity index (χ3v) is 4.41. The Kier molecular flexibility index (Phi) is 4.40. The monoisotopic (exact) mass is 300 g/mol. The van der Waals surface area contributed by atoms with E-state index in [0.29, 0.717) is 5.56 Å². The Bertz CT molecular complexity index is 601. The van der Waals surface area contributed by atoms with E-state index in [1.807, 2.05) is 32.0 Å². The third kappa shape index (κ3) is 3.21. The summed E-state index contributed by atoms with van der Waals surface area (Å²) in [6.07, 6.45) is 2.13. The number of primary amides is 1. The Balaban J connectivity index is 2.14. The highest BCUT2D eigenvalue weighted by Gasteiger charge is 2.60. The fraction of sp³-hybridized carbons (Fsp3) is 0.444. The van der Waals surface area contributed by atoms with E-state index in [9.17, 15) is 9.59 Å². The third-order valence-electron chi connectivity index (χ3n) is 4.41. The van der Waals surface area contributed by atoms with Gasteiger partial charge in [-0.3, -0.25) is 9.59 Å². The van der Waals surface area contributed by atoms with E-state index < -0.39 is 11.9 Å². The number of hydrogen-bond donors (Lipinski definition) is 2. The summed E-state index contributed by atoms with van der Waals surface area (Å²) in [6, 6.07) is 8.31. The molecule has 3 unspecified atom stereocenters. The van der Waals surface area contributed by atoms with E-state index in [1.54, 1.807) is 12.1 Å². The molecule has 0 saturated heterocycles. The molecule has 0 heterocycles. The average molecular weight is 300 g/mol. The average Bonchev–Trinajstić information content (AvgIpc) is 2.96. The van der Waals surface area contributed by atoms with Crippen molar-refractivity contribution in [2.75, 3.05) is 0 Å².